The van der Waals surface area contributed by atoms with Crippen LogP contribution in [0.1, 0.15) is 119 Å². The van der Waals surface area contributed by atoms with E-state index >= 15 is 0 Å². The largest absolute Gasteiger partial charge is 0.379 e. The maximum Gasteiger partial charge on any atom is 0.159 e. The average Bonchev–Trinajstić information content (AvgIpc) is 3.29. The predicted molar refractivity (Wildman–Crippen MR) is 285 cm³/mol. The molecular weight excluding hydrogens is 1020 g/mol. The smallest absolute Gasteiger partial charge is 0.159 e. The van der Waals surface area contributed by atoms with Crippen molar-refractivity contribution in [3.8, 4) is 0 Å². The van der Waals surface area contributed by atoms with Crippen molar-refractivity contribution in [2.24, 2.45) is 44.9 Å². The van der Waals surface area contributed by atoms with E-state index < -0.39 is 0 Å². The first-order valence-corrected chi connectivity index (χ1v) is 26.5. The van der Waals surface area contributed by atoms with Gasteiger partial charge < -0.3 is 27.8 Å². The second-order valence-electron chi connectivity index (χ2n) is 17.0. The maximum atomic E-state index is 14.1. The summed E-state index contributed by atoms with van der Waals surface area (Å²) >= 11 is 5.73. The number of hydrogen-bond acceptors (Lipinski definition) is 13. The molecule has 3 saturated carbocycles. The van der Waals surface area contributed by atoms with Crippen molar-refractivity contribution in [1.82, 2.24) is 20.4 Å². The molecule has 0 bridgehead atoms. The number of hydrogen-bond donors (Lipinski definition) is 7. The minimum Gasteiger partial charge on any atom is -0.379 e. The van der Waals surface area contributed by atoms with Gasteiger partial charge in [0.05, 0.1) is 26.7 Å². The van der Waals surface area contributed by atoms with Crippen LogP contribution in [-0.2, 0) is 23.0 Å². The first-order valence-electron chi connectivity index (χ1n) is 22.6. The molecule has 7 rings (SSSR count). The standard InChI is InChI=1S/C28H43FN6S2.C10H13FN4S2.C7H15N.2BrH/c29-26-12-11-24(16-36-27-30-18-34(19-31-27)14-22-7-3-1-4-8-22)25(13-26)17-37-28-32-20-35(21-33-28)15-23-9-5-2-6-10-23;11-8-2-1-6(4-16-9(12)13)7(3-8)5-17-10(14)15;8-6-7-4-2-1-3-5-7;;/h11-13,22-23H,1-10,14-21H2,(H,30,31)(H,32,33);1-3H,4-5H2,(H3,12,13)(H3,14,15);7H,1-6,8H2;2*1H. The third-order valence-corrected chi connectivity index (χ3v) is 15.6. The van der Waals surface area contributed by atoms with Crippen molar-refractivity contribution in [3.05, 3.63) is 70.3 Å². The van der Waals surface area contributed by atoms with Gasteiger partial charge in [0.1, 0.15) is 11.6 Å². The lowest BCUT2D eigenvalue weighted by Gasteiger charge is -2.31. The molecule has 0 aromatic heterocycles. The summed E-state index contributed by atoms with van der Waals surface area (Å²) in [5, 5.41) is 23.2. The first kappa shape index (κ1) is 56.7. The third kappa shape index (κ3) is 22.0. The molecule has 5 aliphatic rings. The van der Waals surface area contributed by atoms with Crippen LogP contribution in [0.4, 0.5) is 8.78 Å². The SMILES string of the molecule is Br.Br.Fc1ccc(CSC2=NCN(CC3CCCCC3)CN2)c(CSC2=NCN(CC3CCCCC3)CN2)c1.N=C(N)SCc1ccc(F)cc1CSC(=N)N.NCC1CCCCC1. The normalized spacial score (nSPS) is 18.8. The highest BCUT2D eigenvalue weighted by Gasteiger charge is 2.22. The number of nitrogens with zero attached hydrogens (tertiary/aromatic N) is 4. The molecule has 0 saturated heterocycles. The zero-order valence-corrected chi connectivity index (χ0v) is 44.0. The second kappa shape index (κ2) is 32.2. The lowest BCUT2D eigenvalue weighted by Crippen LogP contribution is -2.44. The van der Waals surface area contributed by atoms with E-state index in [9.17, 15) is 8.78 Å². The number of nitrogens with one attached hydrogen (secondary N) is 4. The van der Waals surface area contributed by atoms with E-state index in [0.29, 0.717) is 11.5 Å². The lowest BCUT2D eigenvalue weighted by atomic mass is 9.89. The van der Waals surface area contributed by atoms with Gasteiger partial charge in [-0.05, 0) is 109 Å². The summed E-state index contributed by atoms with van der Waals surface area (Å²) in [5.74, 6) is 4.51. The van der Waals surface area contributed by atoms with E-state index in [2.05, 4.69) is 20.4 Å². The Balaban J connectivity index is 0.000000334. The fourth-order valence-corrected chi connectivity index (χ4v) is 11.5. The molecule has 64 heavy (non-hydrogen) atoms. The molecule has 10 N–H and O–H groups in total. The van der Waals surface area contributed by atoms with Crippen LogP contribution in [0.5, 0.6) is 0 Å². The zero-order valence-electron chi connectivity index (χ0n) is 37.3. The number of halogens is 4. The fourth-order valence-electron chi connectivity index (χ4n) is 8.57. The van der Waals surface area contributed by atoms with Crippen LogP contribution in [0, 0.1) is 40.2 Å². The number of benzene rings is 2. The van der Waals surface area contributed by atoms with Gasteiger partial charge in [0.25, 0.3) is 0 Å². The van der Waals surface area contributed by atoms with E-state index in [1.165, 1.54) is 126 Å². The van der Waals surface area contributed by atoms with Gasteiger partial charge >= 0.3 is 0 Å². The predicted octanol–water partition coefficient (Wildman–Crippen LogP) is 10.6. The quantitative estimate of drug-likeness (QED) is 0.0749. The summed E-state index contributed by atoms with van der Waals surface area (Å²) in [6, 6.07) is 9.65. The minimum atomic E-state index is -0.319. The molecule has 2 aromatic rings. The van der Waals surface area contributed by atoms with Gasteiger partial charge in [-0.1, -0.05) is 117 Å². The topological polar surface area (TPSA) is 181 Å². The Kier molecular flexibility index (Phi) is 28.6. The molecule has 19 heteroatoms. The Morgan fingerprint density at radius 2 is 0.953 bits per heavy atom. The molecule has 0 atom stereocenters. The number of amidine groups is 4. The molecule has 2 heterocycles. The van der Waals surface area contributed by atoms with E-state index in [1.807, 2.05) is 6.07 Å². The van der Waals surface area contributed by atoms with Crippen molar-refractivity contribution in [1.29, 1.82) is 10.8 Å². The van der Waals surface area contributed by atoms with Crippen LogP contribution in [-0.4, -0.2) is 76.8 Å². The fraction of sp³-hybridized carbons (Fsp3) is 0.644. The molecule has 0 spiro atoms. The summed E-state index contributed by atoms with van der Waals surface area (Å²) < 4.78 is 27.2. The highest BCUT2D eigenvalue weighted by molar-refractivity contribution is 8.93. The molecule has 360 valence electrons. The van der Waals surface area contributed by atoms with Gasteiger partial charge in [-0.3, -0.25) is 20.6 Å². The van der Waals surface area contributed by atoms with Crippen LogP contribution < -0.4 is 27.8 Å². The Labute approximate surface area is 419 Å². The number of rotatable bonds is 13. The van der Waals surface area contributed by atoms with E-state index in [4.69, 9.17) is 38.0 Å². The molecular formula is C45H73Br2F2N11S4. The van der Waals surface area contributed by atoms with Gasteiger partial charge in [0.15, 0.2) is 20.7 Å². The van der Waals surface area contributed by atoms with Gasteiger partial charge in [0.2, 0.25) is 0 Å². The van der Waals surface area contributed by atoms with Crippen LogP contribution in [0.15, 0.2) is 46.4 Å². The van der Waals surface area contributed by atoms with Crippen LogP contribution >= 0.6 is 81.0 Å². The van der Waals surface area contributed by atoms with Crippen LogP contribution in [0.3, 0.4) is 0 Å². The van der Waals surface area contributed by atoms with E-state index in [0.717, 1.165) is 114 Å². The zero-order chi connectivity index (χ0) is 43.9. The van der Waals surface area contributed by atoms with Crippen molar-refractivity contribution in [3.63, 3.8) is 0 Å². The van der Waals surface area contributed by atoms with Crippen molar-refractivity contribution < 1.29 is 8.78 Å². The first-order chi connectivity index (χ1) is 30.1. The van der Waals surface area contributed by atoms with Crippen molar-refractivity contribution >= 4 is 102 Å². The highest BCUT2D eigenvalue weighted by atomic mass is 79.9. The van der Waals surface area contributed by atoms with Gasteiger partial charge in [-0.25, -0.2) is 18.8 Å². The number of aliphatic imine (C=N–C) groups is 2. The summed E-state index contributed by atoms with van der Waals surface area (Å²) in [6.45, 7) is 6.50. The summed E-state index contributed by atoms with van der Waals surface area (Å²) in [6.07, 6.45) is 20.9. The van der Waals surface area contributed by atoms with Crippen LogP contribution in [0.25, 0.3) is 0 Å². The summed E-state index contributed by atoms with van der Waals surface area (Å²) in [4.78, 5) is 14.4. The van der Waals surface area contributed by atoms with E-state index in [1.54, 1.807) is 41.7 Å². The minimum absolute atomic E-state index is 0. The Morgan fingerprint density at radius 1 is 0.578 bits per heavy atom. The molecule has 3 fully saturated rings. The van der Waals surface area contributed by atoms with Gasteiger partial charge in [-0.15, -0.1) is 34.0 Å². The molecule has 2 aliphatic heterocycles. The van der Waals surface area contributed by atoms with E-state index in [-0.39, 0.29) is 55.9 Å². The Morgan fingerprint density at radius 3 is 1.33 bits per heavy atom. The molecule has 2 aromatic carbocycles. The molecule has 0 radical (unpaired) electrons. The van der Waals surface area contributed by atoms with Gasteiger partial charge in [0, 0.05) is 36.1 Å². The number of thioether (sulfide) groups is 4. The van der Waals surface area contributed by atoms with Crippen LogP contribution in [0.2, 0.25) is 0 Å². The van der Waals surface area contributed by atoms with Gasteiger partial charge in [-0.2, -0.15) is 0 Å². The highest BCUT2D eigenvalue weighted by Crippen LogP contribution is 2.28. The maximum absolute atomic E-state index is 14.1. The van der Waals surface area contributed by atoms with Crippen molar-refractivity contribution in [2.45, 2.75) is 119 Å². The Bertz CT molecular complexity index is 1750. The molecule has 11 nitrogen and oxygen atoms in total. The lowest BCUT2D eigenvalue weighted by molar-refractivity contribution is 0.196. The number of nitrogens with two attached hydrogens (primary N) is 3. The third-order valence-electron chi connectivity index (χ3n) is 12.1. The average molecular weight is 1090 g/mol. The summed E-state index contributed by atoms with van der Waals surface area (Å²) in [5.41, 5.74) is 19.9. The Hall–Kier alpha value is -1.58. The monoisotopic (exact) mass is 1090 g/mol. The summed E-state index contributed by atoms with van der Waals surface area (Å²) in [7, 11) is 0. The van der Waals surface area contributed by atoms with Crippen molar-refractivity contribution in [2.75, 3.05) is 46.3 Å². The molecule has 0 unspecified atom stereocenters. The molecule has 3 aliphatic carbocycles. The molecule has 0 amide bonds. The second-order valence-corrected chi connectivity index (χ2v) is 21.0.